The van der Waals surface area contributed by atoms with Gasteiger partial charge in [-0.15, -0.1) is 0 Å². The highest BCUT2D eigenvalue weighted by molar-refractivity contribution is 5.76. The van der Waals surface area contributed by atoms with Crippen molar-refractivity contribution in [2.75, 3.05) is 33.0 Å². The van der Waals surface area contributed by atoms with Crippen LogP contribution >= 0.6 is 0 Å². The normalized spacial score (nSPS) is 17.0. The zero-order chi connectivity index (χ0) is 17.1. The lowest BCUT2D eigenvalue weighted by Crippen LogP contribution is -2.48. The van der Waals surface area contributed by atoms with Crippen LogP contribution < -0.4 is 9.47 Å². The van der Waals surface area contributed by atoms with Crippen molar-refractivity contribution >= 4 is 5.91 Å². The summed E-state index contributed by atoms with van der Waals surface area (Å²) in [5.41, 5.74) is 2.34. The average Bonchev–Trinajstić information content (AvgIpc) is 3.31. The van der Waals surface area contributed by atoms with Crippen LogP contribution in [0.15, 0.2) is 36.5 Å². The maximum absolute atomic E-state index is 12.3. The van der Waals surface area contributed by atoms with Gasteiger partial charge in [0.25, 0.3) is 0 Å². The summed E-state index contributed by atoms with van der Waals surface area (Å²) in [6.45, 7) is 4.59. The van der Waals surface area contributed by atoms with E-state index < -0.39 is 0 Å². The van der Waals surface area contributed by atoms with E-state index >= 15 is 0 Å². The topological polar surface area (TPSA) is 57.8 Å². The Kier molecular flexibility index (Phi) is 4.61. The molecule has 0 bridgehead atoms. The number of aryl methyl sites for hydroxylation is 1. The molecule has 2 aliphatic heterocycles. The first-order chi connectivity index (χ1) is 12.3. The number of benzene rings is 1. The summed E-state index contributed by atoms with van der Waals surface area (Å²) in [5.74, 6) is 1.90. The third kappa shape index (κ3) is 3.79. The van der Waals surface area contributed by atoms with E-state index in [9.17, 15) is 4.79 Å². The molecule has 1 saturated heterocycles. The molecule has 0 radical (unpaired) electrons. The number of nitrogens with one attached hydrogen (secondary N) is 1. The summed E-state index contributed by atoms with van der Waals surface area (Å²) >= 11 is 0. The predicted molar refractivity (Wildman–Crippen MR) is 93.5 cm³/mol. The van der Waals surface area contributed by atoms with Gasteiger partial charge in [0.05, 0.1) is 0 Å². The zero-order valence-electron chi connectivity index (χ0n) is 14.2. The van der Waals surface area contributed by atoms with Gasteiger partial charge < -0.3 is 19.4 Å². The number of rotatable bonds is 5. The Morgan fingerprint density at radius 2 is 1.92 bits per heavy atom. The standard InChI is InChI=1S/C19H23N3O3/c23-19(6-4-16-2-1-7-20-16)22-10-8-21(9-11-22)13-15-3-5-17-18(12-15)25-14-24-17/h1-3,5,7,12,20H,4,6,8-11,13-14H2. The second-order valence-electron chi connectivity index (χ2n) is 6.54. The van der Waals surface area contributed by atoms with Crippen molar-refractivity contribution in [3.05, 3.63) is 47.8 Å². The maximum atomic E-state index is 12.3. The Balaban J connectivity index is 1.24. The number of carbonyl (C=O) groups is 1. The van der Waals surface area contributed by atoms with E-state index in [0.717, 1.165) is 56.3 Å². The summed E-state index contributed by atoms with van der Waals surface area (Å²) in [5, 5.41) is 0. The first kappa shape index (κ1) is 16.0. The lowest BCUT2D eigenvalue weighted by molar-refractivity contribution is -0.133. The second kappa shape index (κ2) is 7.19. The van der Waals surface area contributed by atoms with Crippen LogP contribution in [0.25, 0.3) is 0 Å². The van der Waals surface area contributed by atoms with Gasteiger partial charge in [0.15, 0.2) is 11.5 Å². The van der Waals surface area contributed by atoms with Crippen LogP contribution in [0, 0.1) is 0 Å². The average molecular weight is 341 g/mol. The van der Waals surface area contributed by atoms with Crippen LogP contribution in [-0.2, 0) is 17.8 Å². The second-order valence-corrected chi connectivity index (χ2v) is 6.54. The highest BCUT2D eigenvalue weighted by Crippen LogP contribution is 2.32. The van der Waals surface area contributed by atoms with Crippen molar-refractivity contribution in [3.8, 4) is 11.5 Å². The van der Waals surface area contributed by atoms with Crippen molar-refractivity contribution in [2.45, 2.75) is 19.4 Å². The number of nitrogens with zero attached hydrogens (tertiary/aromatic N) is 2. The third-order valence-electron chi connectivity index (χ3n) is 4.84. The third-order valence-corrected chi connectivity index (χ3v) is 4.84. The number of H-pyrrole nitrogens is 1. The molecule has 1 fully saturated rings. The smallest absolute Gasteiger partial charge is 0.231 e. The number of piperazine rings is 1. The number of aromatic nitrogens is 1. The van der Waals surface area contributed by atoms with Crippen molar-refractivity contribution < 1.29 is 14.3 Å². The van der Waals surface area contributed by atoms with Gasteiger partial charge in [-0.05, 0) is 36.2 Å². The summed E-state index contributed by atoms with van der Waals surface area (Å²) in [6, 6.07) is 10.1. The summed E-state index contributed by atoms with van der Waals surface area (Å²) in [6.07, 6.45) is 3.25. The molecule has 0 saturated carbocycles. The zero-order valence-corrected chi connectivity index (χ0v) is 14.2. The van der Waals surface area contributed by atoms with Gasteiger partial charge >= 0.3 is 0 Å². The summed E-state index contributed by atoms with van der Waals surface area (Å²) in [7, 11) is 0. The Bertz CT molecular complexity index is 722. The van der Waals surface area contributed by atoms with Crippen LogP contribution in [0.5, 0.6) is 11.5 Å². The number of carbonyl (C=O) groups excluding carboxylic acids is 1. The van der Waals surface area contributed by atoms with Gasteiger partial charge in [0, 0.05) is 51.0 Å². The van der Waals surface area contributed by atoms with Gasteiger partial charge in [0.1, 0.15) is 0 Å². The first-order valence-corrected chi connectivity index (χ1v) is 8.79. The van der Waals surface area contributed by atoms with E-state index in [1.165, 1.54) is 5.56 Å². The number of hydrogen-bond acceptors (Lipinski definition) is 4. The Hall–Kier alpha value is -2.47. The number of fused-ring (bicyclic) bond motifs is 1. The fourth-order valence-corrected chi connectivity index (χ4v) is 3.38. The minimum absolute atomic E-state index is 0.248. The fraction of sp³-hybridized carbons (Fsp3) is 0.421. The molecule has 1 aromatic heterocycles. The maximum Gasteiger partial charge on any atom is 0.231 e. The van der Waals surface area contributed by atoms with Crippen molar-refractivity contribution in [1.29, 1.82) is 0 Å². The lowest BCUT2D eigenvalue weighted by atomic mass is 10.1. The lowest BCUT2D eigenvalue weighted by Gasteiger charge is -2.34. The van der Waals surface area contributed by atoms with Crippen LogP contribution in [0.4, 0.5) is 0 Å². The number of hydrogen-bond donors (Lipinski definition) is 1. The molecule has 4 rings (SSSR count). The molecule has 2 aliphatic rings. The van der Waals surface area contributed by atoms with Gasteiger partial charge in [0.2, 0.25) is 12.7 Å². The Morgan fingerprint density at radius 3 is 2.72 bits per heavy atom. The van der Waals surface area contributed by atoms with Crippen LogP contribution in [0.3, 0.4) is 0 Å². The molecule has 25 heavy (non-hydrogen) atoms. The van der Waals surface area contributed by atoms with Crippen LogP contribution in [0.2, 0.25) is 0 Å². The monoisotopic (exact) mass is 341 g/mol. The fourth-order valence-electron chi connectivity index (χ4n) is 3.38. The highest BCUT2D eigenvalue weighted by atomic mass is 16.7. The van der Waals surface area contributed by atoms with Crippen LogP contribution in [-0.4, -0.2) is 53.7 Å². The summed E-state index contributed by atoms with van der Waals surface area (Å²) in [4.78, 5) is 19.9. The molecule has 1 aromatic carbocycles. The van der Waals surface area contributed by atoms with E-state index in [-0.39, 0.29) is 5.91 Å². The quantitative estimate of drug-likeness (QED) is 0.904. The molecule has 1 amide bonds. The molecule has 0 atom stereocenters. The molecular formula is C19H23N3O3. The van der Waals surface area contributed by atoms with Crippen molar-refractivity contribution in [2.24, 2.45) is 0 Å². The van der Waals surface area contributed by atoms with Crippen molar-refractivity contribution in [3.63, 3.8) is 0 Å². The number of ether oxygens (including phenoxy) is 2. The van der Waals surface area contributed by atoms with Crippen molar-refractivity contribution in [1.82, 2.24) is 14.8 Å². The summed E-state index contributed by atoms with van der Waals surface area (Å²) < 4.78 is 10.8. The highest BCUT2D eigenvalue weighted by Gasteiger charge is 2.21. The van der Waals surface area contributed by atoms with Gasteiger partial charge in [-0.1, -0.05) is 6.07 Å². The van der Waals surface area contributed by atoms with Crippen LogP contribution in [0.1, 0.15) is 17.7 Å². The minimum atomic E-state index is 0.248. The molecule has 132 valence electrons. The van der Waals surface area contributed by atoms with E-state index in [4.69, 9.17) is 9.47 Å². The minimum Gasteiger partial charge on any atom is -0.454 e. The molecule has 6 nitrogen and oxygen atoms in total. The van der Waals surface area contributed by atoms with Gasteiger partial charge in [-0.25, -0.2) is 0 Å². The molecule has 6 heteroatoms. The van der Waals surface area contributed by atoms with Gasteiger partial charge in [-0.3, -0.25) is 9.69 Å². The SMILES string of the molecule is O=C(CCc1ccc[nH]1)N1CCN(Cc2ccc3c(c2)OCO3)CC1. The molecule has 1 N–H and O–H groups in total. The van der Waals surface area contributed by atoms with E-state index in [2.05, 4.69) is 22.0 Å². The first-order valence-electron chi connectivity index (χ1n) is 8.79. The Labute approximate surface area is 147 Å². The molecule has 3 heterocycles. The molecule has 0 unspecified atom stereocenters. The number of amides is 1. The largest absolute Gasteiger partial charge is 0.454 e. The number of aromatic amines is 1. The molecule has 0 aliphatic carbocycles. The van der Waals surface area contributed by atoms with E-state index in [0.29, 0.717) is 13.2 Å². The predicted octanol–water partition coefficient (Wildman–Crippen LogP) is 2.02. The van der Waals surface area contributed by atoms with Gasteiger partial charge in [-0.2, -0.15) is 0 Å². The molecule has 0 spiro atoms. The Morgan fingerprint density at radius 1 is 1.08 bits per heavy atom. The molecular weight excluding hydrogens is 318 g/mol. The van der Waals surface area contributed by atoms with E-state index in [1.807, 2.05) is 29.3 Å². The molecule has 2 aromatic rings. The van der Waals surface area contributed by atoms with E-state index in [1.54, 1.807) is 0 Å².